The van der Waals surface area contributed by atoms with Gasteiger partial charge in [0, 0.05) is 19.0 Å². The largest absolute Gasteiger partial charge is 0.320 e. The summed E-state index contributed by atoms with van der Waals surface area (Å²) in [5, 5.41) is 0. The molecule has 2 rings (SSSR count). The molecule has 1 heterocycles. The molecule has 0 saturated heterocycles. The lowest BCUT2D eigenvalue weighted by Gasteiger charge is -2.36. The first-order valence-corrected chi connectivity index (χ1v) is 5.51. The van der Waals surface area contributed by atoms with Crippen LogP contribution in [0.3, 0.4) is 0 Å². The lowest BCUT2D eigenvalue weighted by atomic mass is 9.78. The molecule has 0 bridgehead atoms. The number of nitrogens with zero attached hydrogens (tertiary/aromatic N) is 1. The van der Waals surface area contributed by atoms with Crippen LogP contribution in [-0.4, -0.2) is 10.9 Å². The fraction of sp³-hybridized carbons (Fsp3) is 0.583. The molecule has 2 nitrogen and oxygen atoms in total. The zero-order valence-corrected chi connectivity index (χ0v) is 9.34. The molecule has 0 unspecified atom stereocenters. The average Bonchev–Trinajstić information content (AvgIpc) is 2.24. The predicted molar refractivity (Wildman–Crippen MR) is 58.3 cm³/mol. The molecule has 1 saturated carbocycles. The first-order chi connectivity index (χ1) is 7.41. The lowest BCUT2D eigenvalue weighted by Crippen LogP contribution is -2.44. The molecule has 0 amide bonds. The van der Waals surface area contributed by atoms with Crippen molar-refractivity contribution < 1.29 is 8.78 Å². The van der Waals surface area contributed by atoms with Gasteiger partial charge in [0.05, 0.1) is 11.2 Å². The molecule has 0 aromatic carbocycles. The summed E-state index contributed by atoms with van der Waals surface area (Å²) in [4.78, 5) is 4.25. The molecule has 2 N–H and O–H groups in total. The van der Waals surface area contributed by atoms with Gasteiger partial charge in [-0.1, -0.05) is 6.07 Å². The first-order valence-electron chi connectivity index (χ1n) is 5.51. The number of pyridine rings is 1. The number of hydrogen-bond donors (Lipinski definition) is 1. The third-order valence-corrected chi connectivity index (χ3v) is 3.30. The van der Waals surface area contributed by atoms with Crippen LogP contribution in [0.2, 0.25) is 0 Å². The van der Waals surface area contributed by atoms with Crippen molar-refractivity contribution in [3.05, 3.63) is 29.6 Å². The molecule has 16 heavy (non-hydrogen) atoms. The Morgan fingerprint density at radius 3 is 2.31 bits per heavy atom. The highest BCUT2D eigenvalue weighted by molar-refractivity contribution is 5.20. The normalized spacial score (nSPS) is 23.0. The Morgan fingerprint density at radius 1 is 1.19 bits per heavy atom. The Labute approximate surface area is 93.9 Å². The molecule has 0 radical (unpaired) electrons. The highest BCUT2D eigenvalue weighted by atomic mass is 19.3. The van der Waals surface area contributed by atoms with Crippen LogP contribution < -0.4 is 5.73 Å². The molecule has 1 aliphatic rings. The van der Waals surface area contributed by atoms with E-state index in [2.05, 4.69) is 4.98 Å². The van der Waals surface area contributed by atoms with Crippen LogP contribution in [0, 0.1) is 6.92 Å². The van der Waals surface area contributed by atoms with E-state index in [-0.39, 0.29) is 12.8 Å². The van der Waals surface area contributed by atoms with Crippen molar-refractivity contribution >= 4 is 0 Å². The highest BCUT2D eigenvalue weighted by Gasteiger charge is 2.42. The number of aromatic nitrogens is 1. The Bertz CT molecular complexity index is 363. The van der Waals surface area contributed by atoms with E-state index in [1.54, 1.807) is 6.20 Å². The van der Waals surface area contributed by atoms with Crippen molar-refractivity contribution in [2.24, 2.45) is 5.73 Å². The van der Waals surface area contributed by atoms with Crippen LogP contribution in [0.4, 0.5) is 8.78 Å². The molecule has 4 heteroatoms. The van der Waals surface area contributed by atoms with E-state index in [4.69, 9.17) is 5.73 Å². The second kappa shape index (κ2) is 3.77. The van der Waals surface area contributed by atoms with E-state index in [9.17, 15) is 8.78 Å². The van der Waals surface area contributed by atoms with Gasteiger partial charge in [-0.05, 0) is 31.4 Å². The summed E-state index contributed by atoms with van der Waals surface area (Å²) in [5.74, 6) is -2.55. The lowest BCUT2D eigenvalue weighted by molar-refractivity contribution is -0.0519. The van der Waals surface area contributed by atoms with Crippen molar-refractivity contribution in [1.82, 2.24) is 4.98 Å². The zero-order chi connectivity index (χ0) is 11.8. The summed E-state index contributed by atoms with van der Waals surface area (Å²) in [6.45, 7) is 1.94. The number of aryl methyl sites for hydroxylation is 1. The van der Waals surface area contributed by atoms with E-state index < -0.39 is 11.5 Å². The smallest absolute Gasteiger partial charge is 0.248 e. The molecule has 0 spiro atoms. The summed E-state index contributed by atoms with van der Waals surface area (Å²) in [7, 11) is 0. The van der Waals surface area contributed by atoms with Gasteiger partial charge in [-0.3, -0.25) is 4.98 Å². The van der Waals surface area contributed by atoms with Crippen LogP contribution in [0.1, 0.15) is 36.9 Å². The number of nitrogens with two attached hydrogens (primary N) is 1. The van der Waals surface area contributed by atoms with Crippen LogP contribution in [0.15, 0.2) is 18.3 Å². The van der Waals surface area contributed by atoms with Gasteiger partial charge in [0.15, 0.2) is 0 Å². The maximum Gasteiger partial charge on any atom is 0.248 e. The Kier molecular flexibility index (Phi) is 2.70. The van der Waals surface area contributed by atoms with Gasteiger partial charge in [-0.25, -0.2) is 8.78 Å². The van der Waals surface area contributed by atoms with Gasteiger partial charge in [0.2, 0.25) is 5.92 Å². The van der Waals surface area contributed by atoms with Gasteiger partial charge in [0.1, 0.15) is 0 Å². The van der Waals surface area contributed by atoms with Crippen LogP contribution in [-0.2, 0) is 5.54 Å². The number of halogens is 2. The Hall–Kier alpha value is -1.03. The summed E-state index contributed by atoms with van der Waals surface area (Å²) in [5.41, 5.74) is 7.26. The number of hydrogen-bond acceptors (Lipinski definition) is 2. The molecule has 88 valence electrons. The van der Waals surface area contributed by atoms with E-state index >= 15 is 0 Å². The van der Waals surface area contributed by atoms with Crippen LogP contribution >= 0.6 is 0 Å². The van der Waals surface area contributed by atoms with Gasteiger partial charge in [-0.2, -0.15) is 0 Å². The monoisotopic (exact) mass is 226 g/mol. The number of alkyl halides is 2. The number of rotatable bonds is 1. The quantitative estimate of drug-likeness (QED) is 0.799. The van der Waals surface area contributed by atoms with E-state index in [1.807, 2.05) is 19.1 Å². The molecular weight excluding hydrogens is 210 g/mol. The Morgan fingerprint density at radius 2 is 1.81 bits per heavy atom. The van der Waals surface area contributed by atoms with E-state index in [1.165, 1.54) is 0 Å². The van der Waals surface area contributed by atoms with E-state index in [0.29, 0.717) is 12.8 Å². The summed E-state index contributed by atoms with van der Waals surface area (Å²) in [6.07, 6.45) is 2.06. The van der Waals surface area contributed by atoms with E-state index in [0.717, 1.165) is 11.3 Å². The fourth-order valence-electron chi connectivity index (χ4n) is 2.08. The maximum absolute atomic E-state index is 13.1. The van der Waals surface area contributed by atoms with Crippen molar-refractivity contribution in [2.45, 2.75) is 44.1 Å². The second-order valence-electron chi connectivity index (χ2n) is 4.73. The van der Waals surface area contributed by atoms with Gasteiger partial charge in [-0.15, -0.1) is 0 Å². The van der Waals surface area contributed by atoms with Crippen LogP contribution in [0.5, 0.6) is 0 Å². The van der Waals surface area contributed by atoms with Gasteiger partial charge < -0.3 is 5.73 Å². The fourth-order valence-corrected chi connectivity index (χ4v) is 2.08. The Balaban J connectivity index is 2.18. The predicted octanol–water partition coefficient (Wildman–Crippen LogP) is 2.75. The minimum atomic E-state index is -2.55. The maximum atomic E-state index is 13.1. The molecule has 0 atom stereocenters. The third-order valence-electron chi connectivity index (χ3n) is 3.30. The molecule has 1 aliphatic carbocycles. The van der Waals surface area contributed by atoms with Crippen molar-refractivity contribution in [1.29, 1.82) is 0 Å². The summed E-state index contributed by atoms with van der Waals surface area (Å²) < 4.78 is 26.1. The van der Waals surface area contributed by atoms with Crippen molar-refractivity contribution in [3.8, 4) is 0 Å². The molecule has 1 aromatic rings. The zero-order valence-electron chi connectivity index (χ0n) is 9.34. The standard InChI is InChI=1S/C12H16F2N2/c1-9-2-3-10(16-8-9)11(15)4-6-12(13,14)7-5-11/h2-3,8H,4-7,15H2,1H3. The SMILES string of the molecule is Cc1ccc(C2(N)CCC(F)(F)CC2)nc1. The van der Waals surface area contributed by atoms with Crippen LogP contribution in [0.25, 0.3) is 0 Å². The molecule has 1 aromatic heterocycles. The third kappa shape index (κ3) is 2.21. The average molecular weight is 226 g/mol. The molecular formula is C12H16F2N2. The second-order valence-corrected chi connectivity index (χ2v) is 4.73. The van der Waals surface area contributed by atoms with Gasteiger partial charge in [0.25, 0.3) is 0 Å². The topological polar surface area (TPSA) is 38.9 Å². The van der Waals surface area contributed by atoms with Crippen molar-refractivity contribution in [3.63, 3.8) is 0 Å². The minimum Gasteiger partial charge on any atom is -0.320 e. The summed E-state index contributed by atoms with van der Waals surface area (Å²) in [6, 6.07) is 3.77. The minimum absolute atomic E-state index is 0.140. The van der Waals surface area contributed by atoms with Gasteiger partial charge >= 0.3 is 0 Å². The molecule has 0 aliphatic heterocycles. The first kappa shape index (κ1) is 11.5. The molecule has 1 fully saturated rings. The van der Waals surface area contributed by atoms with Crippen molar-refractivity contribution in [2.75, 3.05) is 0 Å². The highest BCUT2D eigenvalue weighted by Crippen LogP contribution is 2.41. The summed E-state index contributed by atoms with van der Waals surface area (Å²) >= 11 is 0.